The third-order valence-corrected chi connectivity index (χ3v) is 3.83. The molecule has 1 nitrogen and oxygen atoms in total. The summed E-state index contributed by atoms with van der Waals surface area (Å²) in [7, 11) is 0. The van der Waals surface area contributed by atoms with E-state index in [4.69, 9.17) is 0 Å². The Bertz CT molecular complexity index is 722. The van der Waals surface area contributed by atoms with E-state index in [1.165, 1.54) is 0 Å². The monoisotopic (exact) mass is 295 g/mol. The number of benzene rings is 2. The van der Waals surface area contributed by atoms with Crippen LogP contribution in [0, 0.1) is 0 Å². The Morgan fingerprint density at radius 3 is 2.20 bits per heavy atom. The smallest absolute Gasteiger partial charge is 0.0713 e. The van der Waals surface area contributed by atoms with Crippen LogP contribution in [0.4, 0.5) is 0 Å². The molecule has 0 saturated carbocycles. The maximum atomic E-state index is 4.53. The van der Waals surface area contributed by atoms with Crippen molar-refractivity contribution in [1.29, 1.82) is 0 Å². The van der Waals surface area contributed by atoms with Crippen LogP contribution in [0.25, 0.3) is 22.4 Å². The molecule has 0 atom stereocenters. The fourth-order valence-corrected chi connectivity index (χ4v) is 2.50. The summed E-state index contributed by atoms with van der Waals surface area (Å²) >= 11 is 8.85. The van der Waals surface area contributed by atoms with Gasteiger partial charge in [-0.2, -0.15) is 0 Å². The summed E-state index contributed by atoms with van der Waals surface area (Å²) in [5.74, 6) is 0. The van der Waals surface area contributed by atoms with Crippen LogP contribution in [0.3, 0.4) is 0 Å². The maximum absolute atomic E-state index is 4.53. The second-order valence-electron chi connectivity index (χ2n) is 4.49. The number of hydrogen-bond acceptors (Lipinski definition) is 3. The molecule has 1 aromatic heterocycles. The molecule has 0 unspecified atom stereocenters. The van der Waals surface area contributed by atoms with E-state index >= 15 is 0 Å². The largest absolute Gasteiger partial charge is 0.256 e. The van der Waals surface area contributed by atoms with Crippen molar-refractivity contribution in [3.05, 3.63) is 66.9 Å². The molecular formula is C17H13NS2. The molecule has 0 amide bonds. The third-order valence-electron chi connectivity index (χ3n) is 3.14. The van der Waals surface area contributed by atoms with Gasteiger partial charge in [-0.05, 0) is 47.5 Å². The molecule has 3 rings (SSSR count). The van der Waals surface area contributed by atoms with Crippen molar-refractivity contribution >= 4 is 25.3 Å². The molecule has 0 bridgehead atoms. The highest BCUT2D eigenvalue weighted by molar-refractivity contribution is 7.80. The first-order valence-electron chi connectivity index (χ1n) is 6.28. The summed E-state index contributed by atoms with van der Waals surface area (Å²) in [5, 5.41) is 0. The van der Waals surface area contributed by atoms with Gasteiger partial charge in [0.25, 0.3) is 0 Å². The summed E-state index contributed by atoms with van der Waals surface area (Å²) in [5.41, 5.74) is 4.29. The number of thiol groups is 2. The predicted molar refractivity (Wildman–Crippen MR) is 89.6 cm³/mol. The van der Waals surface area contributed by atoms with E-state index in [-0.39, 0.29) is 0 Å². The molecule has 2 aromatic carbocycles. The zero-order valence-corrected chi connectivity index (χ0v) is 12.5. The summed E-state index contributed by atoms with van der Waals surface area (Å²) in [6.07, 6.45) is 1.80. The summed E-state index contributed by atoms with van der Waals surface area (Å²) in [4.78, 5) is 6.29. The molecule has 0 saturated heterocycles. The Morgan fingerprint density at radius 1 is 0.750 bits per heavy atom. The van der Waals surface area contributed by atoms with Crippen LogP contribution in [0.5, 0.6) is 0 Å². The summed E-state index contributed by atoms with van der Waals surface area (Å²) in [6, 6.07) is 20.2. The molecule has 0 radical (unpaired) electrons. The Hall–Kier alpha value is -1.71. The number of hydrogen-bond donors (Lipinski definition) is 2. The van der Waals surface area contributed by atoms with Crippen molar-refractivity contribution in [2.45, 2.75) is 9.79 Å². The third kappa shape index (κ3) is 2.74. The zero-order valence-electron chi connectivity index (χ0n) is 10.7. The highest BCUT2D eigenvalue weighted by atomic mass is 32.1. The van der Waals surface area contributed by atoms with Crippen molar-refractivity contribution in [3.63, 3.8) is 0 Å². The van der Waals surface area contributed by atoms with Gasteiger partial charge in [0.2, 0.25) is 0 Å². The molecule has 0 aliphatic carbocycles. The van der Waals surface area contributed by atoms with E-state index in [2.05, 4.69) is 54.5 Å². The molecule has 3 aromatic rings. The molecule has 0 N–H and O–H groups in total. The first-order chi connectivity index (χ1) is 9.74. The number of aromatic nitrogens is 1. The van der Waals surface area contributed by atoms with Crippen LogP contribution in [-0.4, -0.2) is 4.98 Å². The quantitative estimate of drug-likeness (QED) is 0.635. The molecule has 0 spiro atoms. The molecule has 20 heavy (non-hydrogen) atoms. The number of nitrogens with zero attached hydrogens (tertiary/aromatic N) is 1. The zero-order chi connectivity index (χ0) is 13.9. The van der Waals surface area contributed by atoms with Gasteiger partial charge in [-0.15, -0.1) is 25.3 Å². The number of rotatable bonds is 2. The van der Waals surface area contributed by atoms with Gasteiger partial charge in [0.05, 0.1) is 5.69 Å². The topological polar surface area (TPSA) is 12.9 Å². The van der Waals surface area contributed by atoms with E-state index in [0.717, 1.165) is 32.2 Å². The molecule has 3 heteroatoms. The first kappa shape index (κ1) is 13.3. The van der Waals surface area contributed by atoms with E-state index in [1.807, 2.05) is 36.4 Å². The van der Waals surface area contributed by atoms with Gasteiger partial charge < -0.3 is 0 Å². The Kier molecular flexibility index (Phi) is 3.81. The minimum absolute atomic E-state index is 0.929. The lowest BCUT2D eigenvalue weighted by Gasteiger charge is -2.08. The normalized spacial score (nSPS) is 10.5. The lowest BCUT2D eigenvalue weighted by molar-refractivity contribution is 1.30. The predicted octanol–water partition coefficient (Wildman–Crippen LogP) is 4.99. The standard InChI is InChI=1S/C17H13NS2/c19-14-7-4-12(5-8-14)13-6-9-17(20)15(11-13)16-3-1-2-10-18-16/h1-11,19-20H. The van der Waals surface area contributed by atoms with E-state index in [1.54, 1.807) is 6.20 Å². The van der Waals surface area contributed by atoms with Gasteiger partial charge in [0, 0.05) is 21.6 Å². The van der Waals surface area contributed by atoms with Crippen molar-refractivity contribution in [3.8, 4) is 22.4 Å². The van der Waals surface area contributed by atoms with Gasteiger partial charge >= 0.3 is 0 Å². The SMILES string of the molecule is Sc1ccc(-c2ccc(S)c(-c3ccccn3)c2)cc1. The van der Waals surface area contributed by atoms with Crippen molar-refractivity contribution < 1.29 is 0 Å². The fraction of sp³-hybridized carbons (Fsp3) is 0. The first-order valence-corrected chi connectivity index (χ1v) is 7.17. The van der Waals surface area contributed by atoms with Crippen LogP contribution in [0.15, 0.2) is 76.7 Å². The second-order valence-corrected chi connectivity index (χ2v) is 5.49. The Balaban J connectivity index is 2.09. The Labute approximate surface area is 129 Å². The number of pyridine rings is 1. The molecule has 98 valence electrons. The Morgan fingerprint density at radius 2 is 1.50 bits per heavy atom. The van der Waals surface area contributed by atoms with E-state index in [0.29, 0.717) is 0 Å². The highest BCUT2D eigenvalue weighted by Gasteiger charge is 2.06. The van der Waals surface area contributed by atoms with Crippen LogP contribution in [0.2, 0.25) is 0 Å². The summed E-state index contributed by atoms with van der Waals surface area (Å²) < 4.78 is 0. The van der Waals surface area contributed by atoms with Gasteiger partial charge in [-0.1, -0.05) is 24.3 Å². The van der Waals surface area contributed by atoms with Crippen LogP contribution in [0.1, 0.15) is 0 Å². The minimum Gasteiger partial charge on any atom is -0.256 e. The molecule has 0 aliphatic heterocycles. The van der Waals surface area contributed by atoms with E-state index < -0.39 is 0 Å². The van der Waals surface area contributed by atoms with Gasteiger partial charge in [0.1, 0.15) is 0 Å². The highest BCUT2D eigenvalue weighted by Crippen LogP contribution is 2.30. The molecule has 0 aliphatic rings. The lowest BCUT2D eigenvalue weighted by Crippen LogP contribution is -1.86. The average molecular weight is 295 g/mol. The summed E-state index contributed by atoms with van der Waals surface area (Å²) in [6.45, 7) is 0. The van der Waals surface area contributed by atoms with E-state index in [9.17, 15) is 0 Å². The van der Waals surface area contributed by atoms with Crippen LogP contribution >= 0.6 is 25.3 Å². The van der Waals surface area contributed by atoms with Crippen molar-refractivity contribution in [1.82, 2.24) is 4.98 Å². The molecular weight excluding hydrogens is 282 g/mol. The minimum atomic E-state index is 0.929. The average Bonchev–Trinajstić information content (AvgIpc) is 2.50. The van der Waals surface area contributed by atoms with Crippen LogP contribution < -0.4 is 0 Å². The van der Waals surface area contributed by atoms with Gasteiger partial charge in [-0.25, -0.2) is 0 Å². The van der Waals surface area contributed by atoms with Gasteiger partial charge in [0.15, 0.2) is 0 Å². The fourth-order valence-electron chi connectivity index (χ4n) is 2.10. The molecule has 0 fully saturated rings. The molecule has 1 heterocycles. The van der Waals surface area contributed by atoms with Gasteiger partial charge in [-0.3, -0.25) is 4.98 Å². The van der Waals surface area contributed by atoms with Crippen molar-refractivity contribution in [2.75, 3.05) is 0 Å². The van der Waals surface area contributed by atoms with Crippen molar-refractivity contribution in [2.24, 2.45) is 0 Å². The maximum Gasteiger partial charge on any atom is 0.0713 e. The second kappa shape index (κ2) is 5.73. The lowest BCUT2D eigenvalue weighted by atomic mass is 10.0. The van der Waals surface area contributed by atoms with Crippen LogP contribution in [-0.2, 0) is 0 Å².